The van der Waals surface area contributed by atoms with Crippen LogP contribution in [-0.4, -0.2) is 0 Å². The van der Waals surface area contributed by atoms with Crippen molar-refractivity contribution >= 4 is 5.69 Å². The molecule has 0 amide bonds. The summed E-state index contributed by atoms with van der Waals surface area (Å²) in [5, 5.41) is 0. The Hall–Kier alpha value is -1.96. The van der Waals surface area contributed by atoms with Crippen molar-refractivity contribution in [3.8, 4) is 11.5 Å². The Morgan fingerprint density at radius 1 is 1.06 bits per heavy atom. The second kappa shape index (κ2) is 5.13. The summed E-state index contributed by atoms with van der Waals surface area (Å²) in [6.45, 7) is 6.31. The van der Waals surface area contributed by atoms with Gasteiger partial charge >= 0.3 is 0 Å². The van der Waals surface area contributed by atoms with Crippen molar-refractivity contribution in [2.45, 2.75) is 26.7 Å². The Bertz CT molecular complexity index is 547. The van der Waals surface area contributed by atoms with E-state index in [1.54, 1.807) is 0 Å². The lowest BCUT2D eigenvalue weighted by atomic mass is 10.0. The monoisotopic (exact) mass is 241 g/mol. The number of aryl methyl sites for hydroxylation is 1. The average molecular weight is 241 g/mol. The highest BCUT2D eigenvalue weighted by atomic mass is 16.5. The quantitative estimate of drug-likeness (QED) is 0.803. The smallest absolute Gasteiger partial charge is 0.130 e. The van der Waals surface area contributed by atoms with Crippen molar-refractivity contribution in [1.82, 2.24) is 0 Å². The number of ether oxygens (including phenoxy) is 1. The van der Waals surface area contributed by atoms with Crippen LogP contribution in [0, 0.1) is 6.92 Å². The summed E-state index contributed by atoms with van der Waals surface area (Å²) in [4.78, 5) is 0. The zero-order chi connectivity index (χ0) is 13.1. The number of nitrogen functional groups attached to an aromatic ring is 1. The molecule has 0 atom stereocenters. The van der Waals surface area contributed by atoms with E-state index >= 15 is 0 Å². The van der Waals surface area contributed by atoms with Gasteiger partial charge in [-0.1, -0.05) is 32.0 Å². The van der Waals surface area contributed by atoms with Crippen molar-refractivity contribution in [2.75, 3.05) is 5.73 Å². The molecule has 0 saturated carbocycles. The number of para-hydroxylation sites is 1. The van der Waals surface area contributed by atoms with Gasteiger partial charge in [-0.15, -0.1) is 0 Å². The molecular weight excluding hydrogens is 222 g/mol. The normalized spacial score (nSPS) is 10.7. The third-order valence-corrected chi connectivity index (χ3v) is 3.01. The van der Waals surface area contributed by atoms with Crippen molar-refractivity contribution in [3.05, 3.63) is 53.6 Å². The molecule has 2 heteroatoms. The fourth-order valence-corrected chi connectivity index (χ4v) is 1.89. The van der Waals surface area contributed by atoms with Crippen LogP contribution < -0.4 is 10.5 Å². The number of nitrogens with two attached hydrogens (primary N) is 1. The Morgan fingerprint density at radius 2 is 1.78 bits per heavy atom. The largest absolute Gasteiger partial charge is 0.457 e. The number of anilines is 1. The molecule has 0 saturated heterocycles. The minimum atomic E-state index is 0.441. The molecule has 0 aliphatic rings. The van der Waals surface area contributed by atoms with E-state index < -0.39 is 0 Å². The molecule has 0 aliphatic carbocycles. The summed E-state index contributed by atoms with van der Waals surface area (Å²) < 4.78 is 5.95. The number of hydrogen-bond acceptors (Lipinski definition) is 2. The van der Waals surface area contributed by atoms with Crippen LogP contribution in [0.15, 0.2) is 42.5 Å². The summed E-state index contributed by atoms with van der Waals surface area (Å²) >= 11 is 0. The molecule has 94 valence electrons. The van der Waals surface area contributed by atoms with Gasteiger partial charge in [0.25, 0.3) is 0 Å². The second-order valence-corrected chi connectivity index (χ2v) is 4.81. The zero-order valence-electron chi connectivity index (χ0n) is 11.1. The van der Waals surface area contributed by atoms with Gasteiger partial charge in [0.2, 0.25) is 0 Å². The summed E-state index contributed by atoms with van der Waals surface area (Å²) in [5.74, 6) is 2.18. The lowest BCUT2D eigenvalue weighted by molar-refractivity contribution is 0.473. The predicted molar refractivity (Wildman–Crippen MR) is 76.2 cm³/mol. The maximum absolute atomic E-state index is 5.95. The molecule has 2 N–H and O–H groups in total. The molecule has 0 heterocycles. The summed E-state index contributed by atoms with van der Waals surface area (Å²) in [6.07, 6.45) is 0. The van der Waals surface area contributed by atoms with Crippen LogP contribution in [0.1, 0.15) is 30.9 Å². The molecule has 0 unspecified atom stereocenters. The number of hydrogen-bond donors (Lipinski definition) is 1. The van der Waals surface area contributed by atoms with Crippen LogP contribution >= 0.6 is 0 Å². The van der Waals surface area contributed by atoms with E-state index in [1.807, 2.05) is 43.3 Å². The number of benzene rings is 2. The highest BCUT2D eigenvalue weighted by molar-refractivity contribution is 5.50. The summed E-state index contributed by atoms with van der Waals surface area (Å²) in [7, 11) is 0. The van der Waals surface area contributed by atoms with Crippen LogP contribution in [0.5, 0.6) is 11.5 Å². The molecule has 0 aromatic heterocycles. The van der Waals surface area contributed by atoms with Crippen molar-refractivity contribution in [3.63, 3.8) is 0 Å². The van der Waals surface area contributed by atoms with Gasteiger partial charge in [0, 0.05) is 5.69 Å². The first-order valence-electron chi connectivity index (χ1n) is 6.21. The molecule has 2 aromatic carbocycles. The third-order valence-electron chi connectivity index (χ3n) is 3.01. The van der Waals surface area contributed by atoms with E-state index in [0.29, 0.717) is 5.92 Å². The fourth-order valence-electron chi connectivity index (χ4n) is 1.89. The van der Waals surface area contributed by atoms with Crippen LogP contribution in [0.3, 0.4) is 0 Å². The van der Waals surface area contributed by atoms with Crippen LogP contribution in [0.4, 0.5) is 5.69 Å². The summed E-state index contributed by atoms with van der Waals surface area (Å²) in [6, 6.07) is 13.9. The van der Waals surface area contributed by atoms with Crippen molar-refractivity contribution in [2.24, 2.45) is 0 Å². The molecule has 2 nitrogen and oxygen atoms in total. The number of rotatable bonds is 3. The molecule has 0 spiro atoms. The average Bonchev–Trinajstić information content (AvgIpc) is 2.34. The Morgan fingerprint density at radius 3 is 2.44 bits per heavy atom. The van der Waals surface area contributed by atoms with E-state index in [2.05, 4.69) is 19.9 Å². The van der Waals surface area contributed by atoms with Crippen LogP contribution in [-0.2, 0) is 0 Å². The van der Waals surface area contributed by atoms with E-state index in [0.717, 1.165) is 22.7 Å². The SMILES string of the molecule is Cc1cc(Oc2ccccc2C(C)C)ccc1N. The maximum Gasteiger partial charge on any atom is 0.130 e. The maximum atomic E-state index is 5.95. The van der Waals surface area contributed by atoms with Gasteiger partial charge in [-0.3, -0.25) is 0 Å². The van der Waals surface area contributed by atoms with Gasteiger partial charge in [0.1, 0.15) is 11.5 Å². The molecule has 0 bridgehead atoms. The molecule has 2 aromatic rings. The van der Waals surface area contributed by atoms with Gasteiger partial charge < -0.3 is 10.5 Å². The van der Waals surface area contributed by atoms with Gasteiger partial charge in [-0.2, -0.15) is 0 Å². The molecule has 0 radical (unpaired) electrons. The van der Waals surface area contributed by atoms with Crippen LogP contribution in [0.2, 0.25) is 0 Å². The van der Waals surface area contributed by atoms with E-state index in [4.69, 9.17) is 10.5 Å². The van der Waals surface area contributed by atoms with E-state index in [-0.39, 0.29) is 0 Å². The van der Waals surface area contributed by atoms with Crippen LogP contribution in [0.25, 0.3) is 0 Å². The van der Waals surface area contributed by atoms with Gasteiger partial charge in [-0.05, 0) is 48.2 Å². The Labute approximate surface area is 108 Å². The first-order chi connectivity index (χ1) is 8.58. The topological polar surface area (TPSA) is 35.2 Å². The minimum absolute atomic E-state index is 0.441. The Kier molecular flexibility index (Phi) is 3.56. The second-order valence-electron chi connectivity index (χ2n) is 4.81. The van der Waals surface area contributed by atoms with Gasteiger partial charge in [0.05, 0.1) is 0 Å². The molecule has 0 aliphatic heterocycles. The predicted octanol–water partition coefficient (Wildman–Crippen LogP) is 4.49. The van der Waals surface area contributed by atoms with Gasteiger partial charge in [-0.25, -0.2) is 0 Å². The standard InChI is InChI=1S/C16H19NO/c1-11(2)14-6-4-5-7-16(14)18-13-8-9-15(17)12(3)10-13/h4-11H,17H2,1-3H3. The highest BCUT2D eigenvalue weighted by Gasteiger charge is 2.08. The molecule has 0 fully saturated rings. The van der Waals surface area contributed by atoms with Gasteiger partial charge in [0.15, 0.2) is 0 Å². The first kappa shape index (κ1) is 12.5. The zero-order valence-corrected chi connectivity index (χ0v) is 11.1. The first-order valence-corrected chi connectivity index (χ1v) is 6.21. The molecule has 18 heavy (non-hydrogen) atoms. The Balaban J connectivity index is 2.31. The van der Waals surface area contributed by atoms with Crippen molar-refractivity contribution in [1.29, 1.82) is 0 Å². The third kappa shape index (κ3) is 2.65. The highest BCUT2D eigenvalue weighted by Crippen LogP contribution is 2.31. The lowest BCUT2D eigenvalue weighted by Crippen LogP contribution is -1.95. The molecular formula is C16H19NO. The van der Waals surface area contributed by atoms with Crippen molar-refractivity contribution < 1.29 is 4.74 Å². The molecule has 2 rings (SSSR count). The van der Waals surface area contributed by atoms with E-state index in [1.165, 1.54) is 5.56 Å². The van der Waals surface area contributed by atoms with E-state index in [9.17, 15) is 0 Å². The lowest BCUT2D eigenvalue weighted by Gasteiger charge is -2.14. The summed E-state index contributed by atoms with van der Waals surface area (Å²) in [5.41, 5.74) is 8.85. The minimum Gasteiger partial charge on any atom is -0.457 e. The fraction of sp³-hybridized carbons (Fsp3) is 0.250.